The number of hydrogen-bond donors (Lipinski definition) is 0. The average Bonchev–Trinajstić information content (AvgIpc) is 3.87. The quantitative estimate of drug-likeness (QED) is 0.163. The molecule has 5 nitrogen and oxygen atoms in total. The van der Waals surface area contributed by atoms with Crippen molar-refractivity contribution in [2.24, 2.45) is 0 Å². The maximum absolute atomic E-state index is 5.32. The van der Waals surface area contributed by atoms with Crippen LogP contribution in [-0.2, 0) is 0 Å². The van der Waals surface area contributed by atoms with E-state index < -0.39 is 0 Å². The molecule has 294 valence electrons. The Morgan fingerprint density at radius 3 is 1.33 bits per heavy atom. The minimum Gasteiger partial charge on any atom is -0.307 e. The molecular weight excluding hydrogens is 767 g/mol. The van der Waals surface area contributed by atoms with Crippen molar-refractivity contribution < 1.29 is 0 Å². The zero-order chi connectivity index (χ0) is 41.6. The van der Waals surface area contributed by atoms with Gasteiger partial charge in [0.15, 0.2) is 11.6 Å². The van der Waals surface area contributed by atoms with E-state index in [2.05, 4.69) is 186 Å². The highest BCUT2D eigenvalue weighted by molar-refractivity contribution is 6.26. The smallest absolute Gasteiger partial charge is 0.238 e. The van der Waals surface area contributed by atoms with Gasteiger partial charge in [0.25, 0.3) is 0 Å². The lowest BCUT2D eigenvalue weighted by atomic mass is 9.90. The lowest BCUT2D eigenvalue weighted by molar-refractivity contribution is 0.953. The largest absolute Gasteiger partial charge is 0.307 e. The number of benzene rings is 10. The molecular formula is C58H37N5. The van der Waals surface area contributed by atoms with Crippen LogP contribution in [-0.4, -0.2) is 24.1 Å². The van der Waals surface area contributed by atoms with Crippen molar-refractivity contribution in [2.75, 3.05) is 0 Å². The summed E-state index contributed by atoms with van der Waals surface area (Å²) in [5.74, 6) is 1.81. The number of para-hydroxylation sites is 2. The fraction of sp³-hybridized carbons (Fsp3) is 0.0172. The van der Waals surface area contributed by atoms with E-state index in [1.807, 2.05) is 36.4 Å². The summed E-state index contributed by atoms with van der Waals surface area (Å²) in [4.78, 5) is 15.7. The van der Waals surface area contributed by atoms with E-state index in [1.54, 1.807) is 0 Å². The summed E-state index contributed by atoms with van der Waals surface area (Å²) in [6.45, 7) is 2.24. The second kappa shape index (κ2) is 13.8. The Balaban J connectivity index is 1.15. The fourth-order valence-electron chi connectivity index (χ4n) is 10.1. The van der Waals surface area contributed by atoms with Crippen LogP contribution in [0.25, 0.3) is 121 Å². The van der Waals surface area contributed by atoms with Crippen molar-refractivity contribution in [3.05, 3.63) is 212 Å². The van der Waals surface area contributed by atoms with Crippen molar-refractivity contribution in [3.8, 4) is 45.5 Å². The maximum Gasteiger partial charge on any atom is 0.238 e. The molecule has 0 unspecified atom stereocenters. The third kappa shape index (κ3) is 5.33. The zero-order valence-electron chi connectivity index (χ0n) is 34.4. The number of nitrogens with zero attached hydrogens (tertiary/aromatic N) is 5. The van der Waals surface area contributed by atoms with Gasteiger partial charge in [-0.05, 0) is 74.6 Å². The number of aryl methyl sites for hydroxylation is 1. The first-order chi connectivity index (χ1) is 31.2. The van der Waals surface area contributed by atoms with Gasteiger partial charge in [0, 0.05) is 38.2 Å². The minimum atomic E-state index is 0.566. The van der Waals surface area contributed by atoms with Gasteiger partial charge in [0.1, 0.15) is 0 Å². The maximum atomic E-state index is 5.32. The predicted molar refractivity (Wildman–Crippen MR) is 262 cm³/mol. The molecule has 0 amide bonds. The van der Waals surface area contributed by atoms with Crippen LogP contribution < -0.4 is 0 Å². The lowest BCUT2D eigenvalue weighted by Gasteiger charge is -2.19. The molecule has 0 aliphatic heterocycles. The number of aromatic nitrogens is 5. The van der Waals surface area contributed by atoms with Crippen molar-refractivity contribution in [1.82, 2.24) is 24.1 Å². The Hall–Kier alpha value is -8.41. The van der Waals surface area contributed by atoms with Crippen LogP contribution in [0.15, 0.2) is 206 Å². The highest BCUT2D eigenvalue weighted by Crippen LogP contribution is 2.45. The Labute approximate surface area is 362 Å². The molecule has 0 aliphatic carbocycles. The van der Waals surface area contributed by atoms with E-state index >= 15 is 0 Å². The van der Waals surface area contributed by atoms with Gasteiger partial charge in [-0.3, -0.25) is 4.57 Å². The molecule has 5 heteroatoms. The van der Waals surface area contributed by atoms with Gasteiger partial charge >= 0.3 is 0 Å². The molecule has 0 fully saturated rings. The van der Waals surface area contributed by atoms with Crippen molar-refractivity contribution in [1.29, 1.82) is 0 Å². The molecule has 3 heterocycles. The summed E-state index contributed by atoms with van der Waals surface area (Å²) in [6, 6.07) is 73.8. The van der Waals surface area contributed by atoms with Crippen molar-refractivity contribution in [3.63, 3.8) is 0 Å². The molecule has 0 radical (unpaired) electrons. The Morgan fingerprint density at radius 1 is 0.317 bits per heavy atom. The van der Waals surface area contributed by atoms with Gasteiger partial charge in [0.05, 0.1) is 27.8 Å². The summed E-state index contributed by atoms with van der Waals surface area (Å²) in [7, 11) is 0. The van der Waals surface area contributed by atoms with Crippen LogP contribution in [0.3, 0.4) is 0 Å². The number of rotatable bonds is 5. The van der Waals surface area contributed by atoms with Gasteiger partial charge in [-0.15, -0.1) is 0 Å². The Bertz CT molecular complexity index is 3880. The molecule has 0 atom stereocenters. The average molecular weight is 804 g/mol. The topological polar surface area (TPSA) is 48.5 Å². The molecule has 0 aliphatic rings. The van der Waals surface area contributed by atoms with Crippen molar-refractivity contribution >= 4 is 75.9 Å². The standard InChI is InChI=1S/C58H37N5/c1-36-17-16-30-52(53(36)39-31-32-44-42-24-9-8-22-40(42)41-23-10-11-25-43(41)49(44)35-39)62-50-28-14-12-26-45(50)47-33-34-48-46-27-13-15-29-51(46)63(55(48)54(47)62)58-60-56(37-18-4-2-5-19-37)59-57(61-58)38-20-6-3-7-21-38/h2-35H,1H3. The molecule has 13 rings (SSSR count). The molecule has 0 saturated heterocycles. The highest BCUT2D eigenvalue weighted by Gasteiger charge is 2.25. The van der Waals surface area contributed by atoms with Crippen LogP contribution in [0.1, 0.15) is 5.56 Å². The van der Waals surface area contributed by atoms with Crippen LogP contribution in [0.5, 0.6) is 0 Å². The number of hydrogen-bond acceptors (Lipinski definition) is 3. The molecule has 13 aromatic rings. The van der Waals surface area contributed by atoms with E-state index in [0.717, 1.165) is 55.0 Å². The predicted octanol–water partition coefficient (Wildman–Crippen LogP) is 14.8. The molecule has 0 saturated carbocycles. The van der Waals surface area contributed by atoms with Crippen molar-refractivity contribution in [2.45, 2.75) is 6.92 Å². The SMILES string of the molecule is Cc1cccc(-n2c3ccccc3c3ccc4c5ccccc5n(-c5nc(-c6ccccc6)nc(-c6ccccc6)n5)c4c32)c1-c1ccc2c3ccccc3c3ccccc3c2c1. The van der Waals surface area contributed by atoms with Gasteiger partial charge < -0.3 is 4.57 Å². The summed E-state index contributed by atoms with van der Waals surface area (Å²) in [5, 5.41) is 12.2. The third-order valence-electron chi connectivity index (χ3n) is 12.9. The monoisotopic (exact) mass is 803 g/mol. The minimum absolute atomic E-state index is 0.566. The second-order valence-electron chi connectivity index (χ2n) is 16.4. The summed E-state index contributed by atoms with van der Waals surface area (Å²) >= 11 is 0. The Morgan fingerprint density at radius 2 is 0.762 bits per heavy atom. The van der Waals surface area contributed by atoms with E-state index in [0.29, 0.717) is 17.6 Å². The second-order valence-corrected chi connectivity index (χ2v) is 16.4. The Kier molecular flexibility index (Phi) is 7.75. The van der Waals surface area contributed by atoms with Crippen LogP contribution in [0, 0.1) is 6.92 Å². The van der Waals surface area contributed by atoms with Gasteiger partial charge in [0.2, 0.25) is 5.95 Å². The molecule has 0 bridgehead atoms. The van der Waals surface area contributed by atoms with E-state index in [-0.39, 0.29) is 0 Å². The molecule has 10 aromatic carbocycles. The molecule has 0 spiro atoms. The van der Waals surface area contributed by atoms with Crippen LogP contribution in [0.4, 0.5) is 0 Å². The summed E-state index contributed by atoms with van der Waals surface area (Å²) < 4.78 is 4.76. The van der Waals surface area contributed by atoms with Gasteiger partial charge in [-0.1, -0.05) is 182 Å². The van der Waals surface area contributed by atoms with Crippen LogP contribution >= 0.6 is 0 Å². The fourth-order valence-corrected chi connectivity index (χ4v) is 10.1. The first kappa shape index (κ1) is 35.4. The van der Waals surface area contributed by atoms with E-state index in [1.165, 1.54) is 54.4 Å². The summed E-state index contributed by atoms with van der Waals surface area (Å²) in [6.07, 6.45) is 0. The van der Waals surface area contributed by atoms with Gasteiger partial charge in [-0.2, -0.15) is 9.97 Å². The third-order valence-corrected chi connectivity index (χ3v) is 12.9. The van der Waals surface area contributed by atoms with Gasteiger partial charge in [-0.25, -0.2) is 4.98 Å². The molecule has 63 heavy (non-hydrogen) atoms. The normalized spacial score (nSPS) is 11.9. The lowest BCUT2D eigenvalue weighted by Crippen LogP contribution is -2.07. The zero-order valence-corrected chi connectivity index (χ0v) is 34.4. The molecule has 3 aromatic heterocycles. The highest BCUT2D eigenvalue weighted by atomic mass is 15.2. The summed E-state index contributed by atoms with van der Waals surface area (Å²) in [5.41, 5.74) is 10.8. The van der Waals surface area contributed by atoms with Crippen LogP contribution in [0.2, 0.25) is 0 Å². The molecule has 0 N–H and O–H groups in total. The van der Waals surface area contributed by atoms with E-state index in [4.69, 9.17) is 15.0 Å². The van der Waals surface area contributed by atoms with E-state index in [9.17, 15) is 0 Å². The first-order valence-electron chi connectivity index (χ1n) is 21.5. The first-order valence-corrected chi connectivity index (χ1v) is 21.5. The number of fused-ring (bicyclic) bond motifs is 13.